The van der Waals surface area contributed by atoms with E-state index in [0.717, 1.165) is 29.9 Å². The molecular formula is C22H23N3O4. The highest BCUT2D eigenvalue weighted by Crippen LogP contribution is 2.32. The van der Waals surface area contributed by atoms with Crippen molar-refractivity contribution in [2.24, 2.45) is 0 Å². The van der Waals surface area contributed by atoms with Gasteiger partial charge in [0.05, 0.1) is 5.39 Å². The first-order valence-electron chi connectivity index (χ1n) is 9.84. The van der Waals surface area contributed by atoms with Gasteiger partial charge in [0.25, 0.3) is 11.5 Å². The van der Waals surface area contributed by atoms with E-state index < -0.39 is 0 Å². The Balaban J connectivity index is 1.51. The van der Waals surface area contributed by atoms with Gasteiger partial charge >= 0.3 is 0 Å². The maximum atomic E-state index is 12.8. The zero-order chi connectivity index (χ0) is 20.2. The summed E-state index contributed by atoms with van der Waals surface area (Å²) in [7, 11) is 0. The first-order chi connectivity index (χ1) is 14.2. The molecule has 150 valence electrons. The van der Waals surface area contributed by atoms with Crippen LogP contribution in [-0.2, 0) is 13.0 Å². The molecule has 0 radical (unpaired) electrons. The molecule has 0 spiro atoms. The Kier molecular flexibility index (Phi) is 5.46. The van der Waals surface area contributed by atoms with Crippen LogP contribution in [0.1, 0.15) is 35.8 Å². The largest absolute Gasteiger partial charge is 0.454 e. The zero-order valence-corrected chi connectivity index (χ0v) is 16.3. The van der Waals surface area contributed by atoms with Crippen LogP contribution in [0.3, 0.4) is 0 Å². The van der Waals surface area contributed by atoms with Gasteiger partial charge in [0.1, 0.15) is 0 Å². The van der Waals surface area contributed by atoms with E-state index in [4.69, 9.17) is 9.47 Å². The predicted octanol–water partition coefficient (Wildman–Crippen LogP) is 2.90. The molecular weight excluding hydrogens is 370 g/mol. The molecule has 1 aliphatic rings. The summed E-state index contributed by atoms with van der Waals surface area (Å²) in [4.78, 5) is 25.5. The molecule has 1 N–H and O–H groups in total. The fraction of sp³-hybridized carbons (Fsp3) is 0.318. The number of amides is 1. The number of carbonyl (C=O) groups is 1. The minimum Gasteiger partial charge on any atom is -0.454 e. The highest BCUT2D eigenvalue weighted by atomic mass is 16.7. The van der Waals surface area contributed by atoms with Gasteiger partial charge in [0.15, 0.2) is 17.2 Å². The first-order valence-corrected chi connectivity index (χ1v) is 9.84. The van der Waals surface area contributed by atoms with Gasteiger partial charge in [-0.1, -0.05) is 37.6 Å². The Morgan fingerprint density at radius 1 is 1.14 bits per heavy atom. The third kappa shape index (κ3) is 3.94. The fourth-order valence-corrected chi connectivity index (χ4v) is 3.36. The normalized spacial score (nSPS) is 12.3. The number of aromatic nitrogens is 2. The van der Waals surface area contributed by atoms with Gasteiger partial charge in [-0.3, -0.25) is 9.59 Å². The molecule has 1 aliphatic heterocycles. The van der Waals surface area contributed by atoms with E-state index in [1.54, 1.807) is 18.2 Å². The summed E-state index contributed by atoms with van der Waals surface area (Å²) >= 11 is 0. The van der Waals surface area contributed by atoms with E-state index in [2.05, 4.69) is 17.3 Å². The number of aryl methyl sites for hydroxylation is 1. The summed E-state index contributed by atoms with van der Waals surface area (Å²) < 4.78 is 12.1. The summed E-state index contributed by atoms with van der Waals surface area (Å²) in [6.45, 7) is 3.23. The Labute approximate surface area is 168 Å². The van der Waals surface area contributed by atoms with Crippen LogP contribution in [-0.4, -0.2) is 29.0 Å². The maximum absolute atomic E-state index is 12.8. The molecule has 1 aromatic heterocycles. The van der Waals surface area contributed by atoms with E-state index in [1.807, 2.05) is 24.3 Å². The molecule has 0 fully saturated rings. The van der Waals surface area contributed by atoms with Crippen molar-refractivity contribution in [3.63, 3.8) is 0 Å². The SMILES string of the molecule is CCCCn1nc(C(=O)NCCc2ccc3c(c2)OCO3)c2ccccc2c1=O. The summed E-state index contributed by atoms with van der Waals surface area (Å²) in [6.07, 6.45) is 2.42. The number of carbonyl (C=O) groups excluding carboxylic acids is 1. The Hall–Kier alpha value is -3.35. The lowest BCUT2D eigenvalue weighted by Gasteiger charge is -2.11. The highest BCUT2D eigenvalue weighted by molar-refractivity contribution is 6.04. The second-order valence-corrected chi connectivity index (χ2v) is 6.97. The van der Waals surface area contributed by atoms with Crippen molar-refractivity contribution in [1.29, 1.82) is 0 Å². The molecule has 0 atom stereocenters. The number of fused-ring (bicyclic) bond motifs is 2. The van der Waals surface area contributed by atoms with Crippen molar-refractivity contribution >= 4 is 16.7 Å². The van der Waals surface area contributed by atoms with Crippen LogP contribution in [0, 0.1) is 0 Å². The lowest BCUT2D eigenvalue weighted by molar-refractivity contribution is 0.0948. The lowest BCUT2D eigenvalue weighted by Crippen LogP contribution is -2.31. The number of hydrogen-bond donors (Lipinski definition) is 1. The van der Waals surface area contributed by atoms with E-state index in [0.29, 0.717) is 30.3 Å². The van der Waals surface area contributed by atoms with Crippen LogP contribution in [0.15, 0.2) is 47.3 Å². The fourth-order valence-electron chi connectivity index (χ4n) is 3.36. The van der Waals surface area contributed by atoms with Crippen LogP contribution in [0.4, 0.5) is 0 Å². The Morgan fingerprint density at radius 2 is 1.93 bits per heavy atom. The van der Waals surface area contributed by atoms with Crippen molar-refractivity contribution in [3.8, 4) is 11.5 Å². The number of rotatable bonds is 7. The molecule has 29 heavy (non-hydrogen) atoms. The van der Waals surface area contributed by atoms with Gasteiger partial charge in [0, 0.05) is 18.5 Å². The number of hydrogen-bond acceptors (Lipinski definition) is 5. The molecule has 0 aliphatic carbocycles. The van der Waals surface area contributed by atoms with E-state index in [1.165, 1.54) is 4.68 Å². The minimum absolute atomic E-state index is 0.161. The lowest BCUT2D eigenvalue weighted by atomic mass is 10.1. The Bertz CT molecular complexity index is 1110. The van der Waals surface area contributed by atoms with Crippen molar-refractivity contribution in [3.05, 3.63) is 64.1 Å². The molecule has 2 heterocycles. The summed E-state index contributed by atoms with van der Waals surface area (Å²) in [5, 5.41) is 8.38. The van der Waals surface area contributed by atoms with Crippen LogP contribution in [0.25, 0.3) is 10.8 Å². The van der Waals surface area contributed by atoms with Gasteiger partial charge in [-0.25, -0.2) is 4.68 Å². The standard InChI is InChI=1S/C22H23N3O4/c1-2-3-12-25-22(27)17-7-5-4-6-16(17)20(24-25)21(26)23-11-10-15-8-9-18-19(13-15)29-14-28-18/h4-9,13H,2-3,10-12,14H2,1H3,(H,23,26). The van der Waals surface area contributed by atoms with E-state index in [-0.39, 0.29) is 24.0 Å². The topological polar surface area (TPSA) is 82.5 Å². The molecule has 2 aromatic carbocycles. The van der Waals surface area contributed by atoms with E-state index >= 15 is 0 Å². The molecule has 0 saturated carbocycles. The maximum Gasteiger partial charge on any atom is 0.274 e. The van der Waals surface area contributed by atoms with Crippen LogP contribution < -0.4 is 20.3 Å². The van der Waals surface area contributed by atoms with Gasteiger partial charge < -0.3 is 14.8 Å². The van der Waals surface area contributed by atoms with Crippen LogP contribution in [0.5, 0.6) is 11.5 Å². The van der Waals surface area contributed by atoms with Gasteiger partial charge in [0.2, 0.25) is 6.79 Å². The number of benzene rings is 2. The number of nitrogens with one attached hydrogen (secondary N) is 1. The monoisotopic (exact) mass is 393 g/mol. The molecule has 3 aromatic rings. The van der Waals surface area contributed by atoms with Crippen molar-refractivity contribution < 1.29 is 14.3 Å². The Morgan fingerprint density at radius 3 is 2.76 bits per heavy atom. The smallest absolute Gasteiger partial charge is 0.274 e. The number of ether oxygens (including phenoxy) is 2. The summed E-state index contributed by atoms with van der Waals surface area (Å²) in [5.41, 5.74) is 1.16. The van der Waals surface area contributed by atoms with Crippen molar-refractivity contribution in [2.45, 2.75) is 32.7 Å². The third-order valence-electron chi connectivity index (χ3n) is 4.94. The molecule has 4 rings (SSSR count). The molecule has 0 saturated heterocycles. The predicted molar refractivity (Wildman–Crippen MR) is 110 cm³/mol. The van der Waals surface area contributed by atoms with Crippen LogP contribution in [0.2, 0.25) is 0 Å². The third-order valence-corrected chi connectivity index (χ3v) is 4.94. The van der Waals surface area contributed by atoms with Gasteiger partial charge in [-0.15, -0.1) is 0 Å². The second kappa shape index (κ2) is 8.34. The average Bonchev–Trinajstić information content (AvgIpc) is 3.21. The van der Waals surface area contributed by atoms with Crippen LogP contribution >= 0.6 is 0 Å². The number of nitrogens with zero attached hydrogens (tertiary/aromatic N) is 2. The quantitative estimate of drug-likeness (QED) is 0.667. The number of unbranched alkanes of at least 4 members (excludes halogenated alkanes) is 1. The average molecular weight is 393 g/mol. The molecule has 0 bridgehead atoms. The molecule has 7 heteroatoms. The summed E-state index contributed by atoms with van der Waals surface area (Å²) in [6, 6.07) is 12.9. The van der Waals surface area contributed by atoms with Crippen molar-refractivity contribution in [2.75, 3.05) is 13.3 Å². The summed E-state index contributed by atoms with van der Waals surface area (Å²) in [5.74, 6) is 1.18. The minimum atomic E-state index is -0.285. The second-order valence-electron chi connectivity index (χ2n) is 6.97. The molecule has 7 nitrogen and oxygen atoms in total. The van der Waals surface area contributed by atoms with E-state index in [9.17, 15) is 9.59 Å². The first kappa shape index (κ1) is 19.0. The van der Waals surface area contributed by atoms with Gasteiger partial charge in [-0.2, -0.15) is 5.10 Å². The highest BCUT2D eigenvalue weighted by Gasteiger charge is 2.17. The molecule has 1 amide bonds. The molecule has 0 unspecified atom stereocenters. The van der Waals surface area contributed by atoms with Gasteiger partial charge in [-0.05, 0) is 36.6 Å². The zero-order valence-electron chi connectivity index (χ0n) is 16.3. The van der Waals surface area contributed by atoms with Crippen molar-refractivity contribution in [1.82, 2.24) is 15.1 Å².